The lowest BCUT2D eigenvalue weighted by atomic mass is 9.90. The highest BCUT2D eigenvalue weighted by Crippen LogP contribution is 2.23. The molecule has 0 aliphatic carbocycles. The molecule has 1 rings (SSSR count). The molecule has 1 aliphatic rings. The highest BCUT2D eigenvalue weighted by atomic mass is 15.2. The van der Waals surface area contributed by atoms with Crippen LogP contribution in [0.1, 0.15) is 26.7 Å². The molecule has 1 aliphatic heterocycles. The van der Waals surface area contributed by atoms with Gasteiger partial charge in [-0.1, -0.05) is 12.2 Å². The van der Waals surface area contributed by atoms with Crippen LogP contribution < -0.4 is 5.32 Å². The van der Waals surface area contributed by atoms with Gasteiger partial charge in [0.05, 0.1) is 0 Å². The van der Waals surface area contributed by atoms with Crippen LogP contribution in [0.15, 0.2) is 12.2 Å². The van der Waals surface area contributed by atoms with Gasteiger partial charge in [0.15, 0.2) is 0 Å². The van der Waals surface area contributed by atoms with Gasteiger partial charge in [0.1, 0.15) is 0 Å². The van der Waals surface area contributed by atoms with Crippen molar-refractivity contribution in [3.05, 3.63) is 12.2 Å². The summed E-state index contributed by atoms with van der Waals surface area (Å²) in [6.45, 7) is 12.2. The zero-order chi connectivity index (χ0) is 10.6. The second kappa shape index (κ2) is 5.52. The van der Waals surface area contributed by atoms with Gasteiger partial charge < -0.3 is 10.2 Å². The zero-order valence-electron chi connectivity index (χ0n) is 9.84. The van der Waals surface area contributed by atoms with Crippen LogP contribution in [-0.4, -0.2) is 37.6 Å². The van der Waals surface area contributed by atoms with Gasteiger partial charge in [0.25, 0.3) is 0 Å². The van der Waals surface area contributed by atoms with E-state index in [9.17, 15) is 0 Å². The number of rotatable bonds is 4. The fourth-order valence-electron chi connectivity index (χ4n) is 2.18. The summed E-state index contributed by atoms with van der Waals surface area (Å²) in [7, 11) is 1.99. The molecule has 82 valence electrons. The molecule has 1 N–H and O–H groups in total. The molecule has 1 heterocycles. The van der Waals surface area contributed by atoms with Gasteiger partial charge in [-0.2, -0.15) is 0 Å². The van der Waals surface area contributed by atoms with Crippen LogP contribution in [0, 0.1) is 5.92 Å². The Balaban J connectivity index is 2.43. The minimum Gasteiger partial charge on any atom is -0.316 e. The first-order chi connectivity index (χ1) is 6.65. The van der Waals surface area contributed by atoms with E-state index < -0.39 is 0 Å². The average molecular weight is 196 g/mol. The van der Waals surface area contributed by atoms with Crippen LogP contribution in [0.5, 0.6) is 0 Å². The van der Waals surface area contributed by atoms with Gasteiger partial charge >= 0.3 is 0 Å². The van der Waals surface area contributed by atoms with Gasteiger partial charge in [-0.15, -0.1) is 0 Å². The van der Waals surface area contributed by atoms with Crippen LogP contribution in [0.4, 0.5) is 0 Å². The van der Waals surface area contributed by atoms with E-state index in [2.05, 4.69) is 30.6 Å². The van der Waals surface area contributed by atoms with Crippen LogP contribution >= 0.6 is 0 Å². The number of hydrogen-bond donors (Lipinski definition) is 1. The van der Waals surface area contributed by atoms with Gasteiger partial charge in [-0.25, -0.2) is 0 Å². The maximum Gasteiger partial charge on any atom is 0.0162 e. The third-order valence-corrected chi connectivity index (χ3v) is 3.16. The molecule has 0 aromatic carbocycles. The molecule has 1 fully saturated rings. The predicted octanol–water partition coefficient (Wildman–Crippen LogP) is 1.88. The monoisotopic (exact) mass is 196 g/mol. The van der Waals surface area contributed by atoms with Gasteiger partial charge in [0, 0.05) is 19.1 Å². The second-order valence-electron chi connectivity index (χ2n) is 4.62. The normalized spacial score (nSPS) is 24.1. The van der Waals surface area contributed by atoms with E-state index in [-0.39, 0.29) is 0 Å². The van der Waals surface area contributed by atoms with E-state index in [0.717, 1.165) is 6.54 Å². The zero-order valence-corrected chi connectivity index (χ0v) is 9.84. The third kappa shape index (κ3) is 3.10. The number of nitrogens with zero attached hydrogens (tertiary/aromatic N) is 1. The standard InChI is InChI=1S/C12H24N2/c1-10(2)14-7-5-6-12(9-14)11(3)8-13-4/h10,12-13H,3,5-9H2,1-2,4H3. The van der Waals surface area contributed by atoms with Gasteiger partial charge in [-0.05, 0) is 46.2 Å². The molecular weight excluding hydrogens is 172 g/mol. The third-order valence-electron chi connectivity index (χ3n) is 3.16. The molecular formula is C12H24N2. The smallest absolute Gasteiger partial charge is 0.0162 e. The van der Waals surface area contributed by atoms with Crippen molar-refractivity contribution in [2.24, 2.45) is 5.92 Å². The van der Waals surface area contributed by atoms with Crippen LogP contribution in [0.2, 0.25) is 0 Å². The Kier molecular flexibility index (Phi) is 4.63. The molecule has 1 atom stereocenters. The quantitative estimate of drug-likeness (QED) is 0.691. The highest BCUT2D eigenvalue weighted by Gasteiger charge is 2.22. The van der Waals surface area contributed by atoms with Crippen molar-refractivity contribution in [3.8, 4) is 0 Å². The van der Waals surface area contributed by atoms with Crippen molar-refractivity contribution in [1.82, 2.24) is 10.2 Å². The lowest BCUT2D eigenvalue weighted by Crippen LogP contribution is -2.41. The molecule has 0 bridgehead atoms. The predicted molar refractivity (Wildman–Crippen MR) is 62.5 cm³/mol. The Morgan fingerprint density at radius 1 is 1.57 bits per heavy atom. The van der Waals surface area contributed by atoms with Crippen LogP contribution in [0.25, 0.3) is 0 Å². The largest absolute Gasteiger partial charge is 0.316 e. The first kappa shape index (κ1) is 11.7. The molecule has 2 nitrogen and oxygen atoms in total. The number of piperidine rings is 1. The first-order valence-corrected chi connectivity index (χ1v) is 5.71. The molecule has 0 radical (unpaired) electrons. The number of hydrogen-bond acceptors (Lipinski definition) is 2. The highest BCUT2D eigenvalue weighted by molar-refractivity contribution is 5.05. The Labute approximate surface area is 88.4 Å². The number of nitrogens with one attached hydrogen (secondary N) is 1. The fourth-order valence-corrected chi connectivity index (χ4v) is 2.18. The van der Waals surface area contributed by atoms with E-state index in [0.29, 0.717) is 12.0 Å². The molecule has 2 heteroatoms. The summed E-state index contributed by atoms with van der Waals surface area (Å²) >= 11 is 0. The lowest BCUT2D eigenvalue weighted by Gasteiger charge is -2.36. The minimum atomic E-state index is 0.681. The Hall–Kier alpha value is -0.340. The molecule has 1 saturated heterocycles. The first-order valence-electron chi connectivity index (χ1n) is 5.71. The van der Waals surface area contributed by atoms with E-state index >= 15 is 0 Å². The number of likely N-dealkylation sites (tertiary alicyclic amines) is 1. The average Bonchev–Trinajstić information content (AvgIpc) is 2.18. The molecule has 0 aromatic rings. The van der Waals surface area contributed by atoms with Crippen molar-refractivity contribution in [1.29, 1.82) is 0 Å². The van der Waals surface area contributed by atoms with Crippen LogP contribution in [0.3, 0.4) is 0 Å². The summed E-state index contributed by atoms with van der Waals surface area (Å²) in [6.07, 6.45) is 2.65. The fraction of sp³-hybridized carbons (Fsp3) is 0.833. The second-order valence-corrected chi connectivity index (χ2v) is 4.62. The summed E-state index contributed by atoms with van der Waals surface area (Å²) in [6, 6.07) is 0.681. The van der Waals surface area contributed by atoms with E-state index in [1.54, 1.807) is 0 Å². The Morgan fingerprint density at radius 2 is 2.29 bits per heavy atom. The van der Waals surface area contributed by atoms with Crippen LogP contribution in [-0.2, 0) is 0 Å². The van der Waals surface area contributed by atoms with E-state index in [4.69, 9.17) is 0 Å². The Bertz CT molecular complexity index is 187. The van der Waals surface area contributed by atoms with Crippen molar-refractivity contribution in [2.75, 3.05) is 26.7 Å². The summed E-state index contributed by atoms with van der Waals surface area (Å²) < 4.78 is 0. The SMILES string of the molecule is C=C(CNC)C1CCCN(C(C)C)C1. The molecule has 0 saturated carbocycles. The molecule has 0 amide bonds. The number of likely N-dealkylation sites (N-methyl/N-ethyl adjacent to an activating group) is 1. The van der Waals surface area contributed by atoms with Gasteiger partial charge in [0.2, 0.25) is 0 Å². The van der Waals surface area contributed by atoms with E-state index in [1.165, 1.54) is 31.5 Å². The minimum absolute atomic E-state index is 0.681. The summed E-state index contributed by atoms with van der Waals surface area (Å²) in [5.74, 6) is 0.707. The molecule has 0 aromatic heterocycles. The van der Waals surface area contributed by atoms with Crippen molar-refractivity contribution >= 4 is 0 Å². The maximum atomic E-state index is 4.17. The Morgan fingerprint density at radius 3 is 2.86 bits per heavy atom. The van der Waals surface area contributed by atoms with Crippen molar-refractivity contribution in [2.45, 2.75) is 32.7 Å². The maximum absolute atomic E-state index is 4.17. The molecule has 0 spiro atoms. The van der Waals surface area contributed by atoms with Crippen molar-refractivity contribution in [3.63, 3.8) is 0 Å². The van der Waals surface area contributed by atoms with Gasteiger partial charge in [-0.3, -0.25) is 0 Å². The lowest BCUT2D eigenvalue weighted by molar-refractivity contribution is 0.153. The summed E-state index contributed by atoms with van der Waals surface area (Å²) in [5.41, 5.74) is 1.37. The van der Waals surface area contributed by atoms with E-state index in [1.807, 2.05) is 7.05 Å². The topological polar surface area (TPSA) is 15.3 Å². The molecule has 1 unspecified atom stereocenters. The van der Waals surface area contributed by atoms with Crippen molar-refractivity contribution < 1.29 is 0 Å². The summed E-state index contributed by atoms with van der Waals surface area (Å²) in [5, 5.41) is 3.19. The molecule has 14 heavy (non-hydrogen) atoms. The summed E-state index contributed by atoms with van der Waals surface area (Å²) in [4.78, 5) is 2.56.